The lowest BCUT2D eigenvalue weighted by Gasteiger charge is -2.21. The van der Waals surface area contributed by atoms with E-state index in [4.69, 9.17) is 19.0 Å². The quantitative estimate of drug-likeness (QED) is 0.189. The van der Waals surface area contributed by atoms with Crippen molar-refractivity contribution in [1.29, 1.82) is 0 Å². The minimum Gasteiger partial charge on any atom is -0.387 e. The molecule has 3 rings (SSSR count). The van der Waals surface area contributed by atoms with Crippen molar-refractivity contribution in [2.24, 2.45) is 0 Å². The van der Waals surface area contributed by atoms with Crippen LogP contribution in [0.25, 0.3) is 11.2 Å². The van der Waals surface area contributed by atoms with Crippen molar-refractivity contribution in [1.82, 2.24) is 19.5 Å². The second kappa shape index (κ2) is 9.02. The molecule has 1 saturated heterocycles. The summed E-state index contributed by atoms with van der Waals surface area (Å²) in [5, 5.41) is 20.6. The molecular weight excluding hydrogens is 521 g/mol. The molecule has 0 saturated carbocycles. The number of H-pyrrole nitrogens is 1. The zero-order valence-electron chi connectivity index (χ0n) is 15.7. The minimum absolute atomic E-state index is 0.0514. The molecule has 0 bridgehead atoms. The standard InChI is InChI=1S/C11H17N4O13P3S/c1-4-13-9-6(10(18)14-4)12-3-15(9)11-8(17)7(16)5(26-11)2-25-31(24,32)28-30(22,23)27-29(19,20)21/h3,5,7-8,11,16-17H,2H2,1H3,(H,22,23)(H,24,32)(H,13,14,18)(H2,19,20,21)/t5-,7+,8?,11-,31?/m1/s1. The van der Waals surface area contributed by atoms with Gasteiger partial charge in [-0.15, -0.1) is 0 Å². The van der Waals surface area contributed by atoms with Crippen molar-refractivity contribution < 1.29 is 56.8 Å². The van der Waals surface area contributed by atoms with Crippen molar-refractivity contribution in [3.8, 4) is 0 Å². The maximum absolute atomic E-state index is 12.0. The predicted molar refractivity (Wildman–Crippen MR) is 105 cm³/mol. The van der Waals surface area contributed by atoms with Crippen LogP contribution in [-0.4, -0.2) is 74.2 Å². The van der Waals surface area contributed by atoms with E-state index in [0.29, 0.717) is 0 Å². The SMILES string of the molecule is Cc1nc2c(ncn2[C@@H]2O[C@H](COP(O)(=S)OP(=O)(O)OP(=O)(O)O)[C@H](O)C2O)c(=O)[nH]1. The number of hydrogen-bond donors (Lipinski definition) is 7. The van der Waals surface area contributed by atoms with Gasteiger partial charge in [-0.05, 0) is 18.7 Å². The Morgan fingerprint density at radius 3 is 2.50 bits per heavy atom. The first-order valence-electron chi connectivity index (χ1n) is 8.32. The summed E-state index contributed by atoms with van der Waals surface area (Å²) in [5.74, 6) is 0.251. The third-order valence-electron chi connectivity index (χ3n) is 3.98. The average molecular weight is 538 g/mol. The molecule has 6 atom stereocenters. The smallest absolute Gasteiger partial charge is 0.387 e. The van der Waals surface area contributed by atoms with Crippen LogP contribution in [0.1, 0.15) is 12.1 Å². The van der Waals surface area contributed by atoms with E-state index < -0.39 is 59.1 Å². The van der Waals surface area contributed by atoms with E-state index in [-0.39, 0.29) is 17.0 Å². The molecule has 0 spiro atoms. The van der Waals surface area contributed by atoms with Crippen molar-refractivity contribution in [3.05, 3.63) is 22.5 Å². The lowest BCUT2D eigenvalue weighted by atomic mass is 10.1. The maximum Gasteiger partial charge on any atom is 0.488 e. The van der Waals surface area contributed by atoms with E-state index in [0.717, 1.165) is 6.33 Å². The molecular formula is C11H17N4O13P3S. The Kier molecular flexibility index (Phi) is 7.24. The molecule has 0 radical (unpaired) electrons. The highest BCUT2D eigenvalue weighted by Crippen LogP contribution is 2.66. The molecule has 3 unspecified atom stereocenters. The minimum atomic E-state index is -5.51. The summed E-state index contributed by atoms with van der Waals surface area (Å²) in [6.45, 7) is -3.89. The van der Waals surface area contributed by atoms with Gasteiger partial charge >= 0.3 is 22.4 Å². The number of aliphatic hydroxyl groups excluding tert-OH is 2. The van der Waals surface area contributed by atoms with Crippen LogP contribution in [0.4, 0.5) is 0 Å². The number of aliphatic hydroxyl groups is 2. The van der Waals surface area contributed by atoms with Gasteiger partial charge in [-0.3, -0.25) is 9.36 Å². The lowest BCUT2D eigenvalue weighted by molar-refractivity contribution is -0.0486. The number of phosphoric acid groups is 2. The molecule has 1 aliphatic heterocycles. The van der Waals surface area contributed by atoms with Gasteiger partial charge in [-0.25, -0.2) is 23.4 Å². The van der Waals surface area contributed by atoms with Gasteiger partial charge in [0.25, 0.3) is 5.56 Å². The molecule has 1 fully saturated rings. The highest BCUT2D eigenvalue weighted by Gasteiger charge is 2.46. The van der Waals surface area contributed by atoms with Crippen LogP contribution >= 0.6 is 22.4 Å². The largest absolute Gasteiger partial charge is 0.488 e. The van der Waals surface area contributed by atoms with Gasteiger partial charge in [-0.2, -0.15) is 4.31 Å². The fraction of sp³-hybridized carbons (Fsp3) is 0.545. The van der Waals surface area contributed by atoms with E-state index in [9.17, 15) is 33.9 Å². The normalized spacial score (nSPS) is 28.0. The molecule has 32 heavy (non-hydrogen) atoms. The Balaban J connectivity index is 1.72. The Hall–Kier alpha value is -0.940. The number of nitrogens with one attached hydrogen (secondary N) is 1. The molecule has 180 valence electrons. The van der Waals surface area contributed by atoms with Crippen molar-refractivity contribution in [3.63, 3.8) is 0 Å². The second-order valence-corrected chi connectivity index (χ2v) is 12.2. The van der Waals surface area contributed by atoms with Gasteiger partial charge in [0.1, 0.15) is 24.1 Å². The van der Waals surface area contributed by atoms with Crippen LogP contribution in [0.15, 0.2) is 11.1 Å². The molecule has 2 aromatic rings. The topological polar surface area (TPSA) is 256 Å². The van der Waals surface area contributed by atoms with Crippen molar-refractivity contribution in [2.45, 2.75) is 31.5 Å². The highest BCUT2D eigenvalue weighted by atomic mass is 32.5. The van der Waals surface area contributed by atoms with E-state index in [1.54, 1.807) is 0 Å². The third kappa shape index (κ3) is 5.94. The molecule has 0 aromatic carbocycles. The first kappa shape index (κ1) is 25.7. The van der Waals surface area contributed by atoms with Gasteiger partial charge in [0.15, 0.2) is 17.4 Å². The van der Waals surface area contributed by atoms with E-state index >= 15 is 0 Å². The van der Waals surface area contributed by atoms with Gasteiger partial charge in [-0.1, -0.05) is 0 Å². The zero-order chi connectivity index (χ0) is 24.1. The Morgan fingerprint density at radius 1 is 1.22 bits per heavy atom. The fourth-order valence-electron chi connectivity index (χ4n) is 2.79. The highest BCUT2D eigenvalue weighted by molar-refractivity contribution is 8.08. The number of aryl methyl sites for hydroxylation is 1. The zero-order valence-corrected chi connectivity index (χ0v) is 19.2. The Bertz CT molecular complexity index is 1210. The van der Waals surface area contributed by atoms with Gasteiger partial charge in [0.05, 0.1) is 12.9 Å². The molecule has 2 aromatic heterocycles. The number of hydrogen-bond acceptors (Lipinski definition) is 12. The van der Waals surface area contributed by atoms with Gasteiger partial charge in [0.2, 0.25) is 0 Å². The lowest BCUT2D eigenvalue weighted by Crippen LogP contribution is -2.33. The Morgan fingerprint density at radius 2 is 1.88 bits per heavy atom. The van der Waals surface area contributed by atoms with Crippen LogP contribution in [0.2, 0.25) is 0 Å². The summed E-state index contributed by atoms with van der Waals surface area (Å²) in [5.41, 5.74) is -0.540. The second-order valence-electron chi connectivity index (χ2n) is 6.41. The number of fused-ring (bicyclic) bond motifs is 1. The predicted octanol–water partition coefficient (Wildman–Crippen LogP) is -1.49. The summed E-state index contributed by atoms with van der Waals surface area (Å²) in [6, 6.07) is 0. The number of aromatic nitrogens is 4. The third-order valence-corrected chi connectivity index (χ3v) is 8.70. The van der Waals surface area contributed by atoms with Gasteiger partial charge in [0, 0.05) is 0 Å². The number of aromatic amines is 1. The summed E-state index contributed by atoms with van der Waals surface area (Å²) >= 11 is 4.48. The van der Waals surface area contributed by atoms with Crippen LogP contribution in [0, 0.1) is 6.92 Å². The molecule has 21 heteroatoms. The molecule has 1 aliphatic rings. The number of ether oxygens (including phenoxy) is 1. The molecule has 17 nitrogen and oxygen atoms in total. The Labute approximate surface area is 182 Å². The van der Waals surface area contributed by atoms with Crippen LogP contribution in [0.5, 0.6) is 0 Å². The number of imidazole rings is 1. The maximum atomic E-state index is 12.0. The van der Waals surface area contributed by atoms with Gasteiger partial charge < -0.3 is 44.0 Å². The summed E-state index contributed by atoms with van der Waals surface area (Å²) in [7, 11) is -11.0. The monoisotopic (exact) mass is 538 g/mol. The number of nitrogens with zero attached hydrogens (tertiary/aromatic N) is 3. The fourth-order valence-corrected chi connectivity index (χ4v) is 6.76. The molecule has 7 N–H and O–H groups in total. The van der Waals surface area contributed by atoms with E-state index in [2.05, 4.69) is 35.4 Å². The van der Waals surface area contributed by atoms with E-state index in [1.165, 1.54) is 11.5 Å². The molecule has 0 amide bonds. The van der Waals surface area contributed by atoms with Crippen LogP contribution in [0.3, 0.4) is 0 Å². The average Bonchev–Trinajstić information content (AvgIpc) is 3.12. The van der Waals surface area contributed by atoms with Crippen molar-refractivity contribution >= 4 is 45.3 Å². The number of rotatable bonds is 8. The molecule has 0 aliphatic carbocycles. The summed E-state index contributed by atoms with van der Waals surface area (Å²) < 4.78 is 41.2. The van der Waals surface area contributed by atoms with Crippen molar-refractivity contribution in [2.75, 3.05) is 6.61 Å². The first-order valence-corrected chi connectivity index (χ1v) is 13.9. The molecule has 3 heterocycles. The van der Waals surface area contributed by atoms with Crippen LogP contribution < -0.4 is 5.56 Å². The van der Waals surface area contributed by atoms with E-state index in [1.807, 2.05) is 0 Å². The van der Waals surface area contributed by atoms with Crippen LogP contribution in [-0.2, 0) is 38.8 Å². The summed E-state index contributed by atoms with van der Waals surface area (Å²) in [4.78, 5) is 58.7. The summed E-state index contributed by atoms with van der Waals surface area (Å²) in [6.07, 6.45) is -4.72. The first-order chi connectivity index (χ1) is 14.6.